The zero-order chi connectivity index (χ0) is 12.1. The molecule has 0 saturated heterocycles. The number of rotatable bonds is 5. The van der Waals surface area contributed by atoms with E-state index in [0.717, 1.165) is 24.5 Å². The topological polar surface area (TPSA) is 42.1 Å². The molecule has 1 unspecified atom stereocenters. The van der Waals surface area contributed by atoms with Crippen molar-refractivity contribution in [2.45, 2.75) is 33.7 Å². The quantitative estimate of drug-likeness (QED) is 0.831. The molecule has 0 radical (unpaired) electrons. The molecule has 2 N–H and O–H groups in total. The van der Waals surface area contributed by atoms with Gasteiger partial charge in [-0.2, -0.15) is 0 Å². The lowest BCUT2D eigenvalue weighted by Crippen LogP contribution is -2.28. The van der Waals surface area contributed by atoms with Gasteiger partial charge in [0, 0.05) is 25.3 Å². The molecule has 0 spiro atoms. The molecule has 0 fully saturated rings. The first-order chi connectivity index (χ1) is 7.54. The fourth-order valence-electron chi connectivity index (χ4n) is 1.68. The Bertz CT molecular complexity index is 303. The first-order valence-corrected chi connectivity index (χ1v) is 6.01. The molecule has 0 aromatic carbocycles. The summed E-state index contributed by atoms with van der Waals surface area (Å²) in [5.41, 5.74) is 6.89. The maximum absolute atomic E-state index is 5.80. The summed E-state index contributed by atoms with van der Waals surface area (Å²) in [5, 5.41) is 0. The van der Waals surface area contributed by atoms with Crippen LogP contribution >= 0.6 is 0 Å². The summed E-state index contributed by atoms with van der Waals surface area (Å²) in [6.07, 6.45) is 1.88. The molecule has 0 saturated carbocycles. The highest BCUT2D eigenvalue weighted by Gasteiger charge is 2.08. The molecular formula is C13H23N3. The van der Waals surface area contributed by atoms with E-state index >= 15 is 0 Å². The van der Waals surface area contributed by atoms with Gasteiger partial charge in [0.25, 0.3) is 0 Å². The van der Waals surface area contributed by atoms with Crippen LogP contribution in [0.1, 0.15) is 39.3 Å². The van der Waals surface area contributed by atoms with E-state index in [-0.39, 0.29) is 6.04 Å². The van der Waals surface area contributed by atoms with Gasteiger partial charge >= 0.3 is 0 Å². The second-order valence-electron chi connectivity index (χ2n) is 4.67. The average molecular weight is 221 g/mol. The summed E-state index contributed by atoms with van der Waals surface area (Å²) in [5.74, 6) is 1.69. The van der Waals surface area contributed by atoms with Crippen LogP contribution in [-0.2, 0) is 0 Å². The van der Waals surface area contributed by atoms with E-state index in [1.54, 1.807) is 0 Å². The van der Waals surface area contributed by atoms with Crippen molar-refractivity contribution in [1.82, 2.24) is 4.98 Å². The van der Waals surface area contributed by atoms with Crippen LogP contribution in [0.25, 0.3) is 0 Å². The van der Waals surface area contributed by atoms with E-state index in [1.807, 2.05) is 13.1 Å². The maximum Gasteiger partial charge on any atom is 0.128 e. The number of aromatic nitrogens is 1. The summed E-state index contributed by atoms with van der Waals surface area (Å²) in [7, 11) is 0. The smallest absolute Gasteiger partial charge is 0.128 e. The molecule has 1 aromatic heterocycles. The number of pyridine rings is 1. The summed E-state index contributed by atoms with van der Waals surface area (Å²) < 4.78 is 0. The zero-order valence-electron chi connectivity index (χ0n) is 10.8. The third-order valence-corrected chi connectivity index (χ3v) is 2.59. The SMILES string of the molecule is CCN(CC(C)C)c1ccc(C(C)N)cn1. The Hall–Kier alpha value is -1.09. The Morgan fingerprint density at radius 3 is 2.38 bits per heavy atom. The van der Waals surface area contributed by atoms with Gasteiger partial charge < -0.3 is 10.6 Å². The minimum absolute atomic E-state index is 0.0572. The van der Waals surface area contributed by atoms with Crippen molar-refractivity contribution in [1.29, 1.82) is 0 Å². The number of hydrogen-bond donors (Lipinski definition) is 1. The van der Waals surface area contributed by atoms with Crippen molar-refractivity contribution in [2.75, 3.05) is 18.0 Å². The van der Waals surface area contributed by atoms with E-state index in [1.165, 1.54) is 0 Å². The van der Waals surface area contributed by atoms with Gasteiger partial charge in [-0.15, -0.1) is 0 Å². The second-order valence-corrected chi connectivity index (χ2v) is 4.67. The molecule has 3 nitrogen and oxygen atoms in total. The van der Waals surface area contributed by atoms with Crippen molar-refractivity contribution in [3.05, 3.63) is 23.9 Å². The average Bonchev–Trinajstić information content (AvgIpc) is 2.25. The fraction of sp³-hybridized carbons (Fsp3) is 0.615. The Morgan fingerprint density at radius 2 is 2.00 bits per heavy atom. The Balaban J connectivity index is 2.78. The lowest BCUT2D eigenvalue weighted by Gasteiger charge is -2.24. The van der Waals surface area contributed by atoms with Crippen LogP contribution in [0.4, 0.5) is 5.82 Å². The normalized spacial score (nSPS) is 12.9. The molecule has 16 heavy (non-hydrogen) atoms. The zero-order valence-corrected chi connectivity index (χ0v) is 10.8. The first kappa shape index (κ1) is 13.0. The van der Waals surface area contributed by atoms with E-state index in [9.17, 15) is 0 Å². The van der Waals surface area contributed by atoms with E-state index in [0.29, 0.717) is 5.92 Å². The Labute approximate surface area is 98.7 Å². The first-order valence-electron chi connectivity index (χ1n) is 6.01. The van der Waals surface area contributed by atoms with Crippen LogP contribution in [0, 0.1) is 5.92 Å². The largest absolute Gasteiger partial charge is 0.357 e. The third-order valence-electron chi connectivity index (χ3n) is 2.59. The van der Waals surface area contributed by atoms with Crippen LogP contribution in [0.15, 0.2) is 18.3 Å². The van der Waals surface area contributed by atoms with Crippen molar-refractivity contribution in [3.8, 4) is 0 Å². The standard InChI is InChI=1S/C13H23N3/c1-5-16(9-10(2)3)13-7-6-12(8-15-13)11(4)14/h6-8,10-11H,5,9,14H2,1-4H3. The van der Waals surface area contributed by atoms with Gasteiger partial charge in [0.1, 0.15) is 5.82 Å². The Kier molecular flexibility index (Phi) is 4.74. The molecule has 0 aliphatic heterocycles. The van der Waals surface area contributed by atoms with Crippen molar-refractivity contribution in [2.24, 2.45) is 11.7 Å². The molecule has 0 bridgehead atoms. The van der Waals surface area contributed by atoms with Crippen LogP contribution in [0.2, 0.25) is 0 Å². The highest BCUT2D eigenvalue weighted by atomic mass is 15.2. The minimum atomic E-state index is 0.0572. The second kappa shape index (κ2) is 5.85. The third kappa shape index (κ3) is 3.49. The van der Waals surface area contributed by atoms with Gasteiger partial charge in [-0.3, -0.25) is 0 Å². The van der Waals surface area contributed by atoms with Gasteiger partial charge in [-0.05, 0) is 31.4 Å². The van der Waals surface area contributed by atoms with Crippen molar-refractivity contribution < 1.29 is 0 Å². The van der Waals surface area contributed by atoms with Gasteiger partial charge in [0.05, 0.1) is 0 Å². The summed E-state index contributed by atoms with van der Waals surface area (Å²) in [6, 6.07) is 4.18. The molecule has 1 aromatic rings. The maximum atomic E-state index is 5.80. The summed E-state index contributed by atoms with van der Waals surface area (Å²) in [4.78, 5) is 6.76. The lowest BCUT2D eigenvalue weighted by molar-refractivity contribution is 0.614. The highest BCUT2D eigenvalue weighted by molar-refractivity contribution is 5.39. The van der Waals surface area contributed by atoms with E-state index in [2.05, 4.69) is 42.8 Å². The van der Waals surface area contributed by atoms with Crippen molar-refractivity contribution in [3.63, 3.8) is 0 Å². The molecule has 90 valence electrons. The fourth-order valence-corrected chi connectivity index (χ4v) is 1.68. The number of nitrogens with zero attached hydrogens (tertiary/aromatic N) is 2. The molecule has 1 heterocycles. The molecule has 1 rings (SSSR count). The van der Waals surface area contributed by atoms with E-state index in [4.69, 9.17) is 5.73 Å². The van der Waals surface area contributed by atoms with Gasteiger partial charge in [-0.25, -0.2) is 4.98 Å². The summed E-state index contributed by atoms with van der Waals surface area (Å²) in [6.45, 7) is 10.6. The number of nitrogens with two attached hydrogens (primary N) is 1. The van der Waals surface area contributed by atoms with Crippen LogP contribution in [0.5, 0.6) is 0 Å². The minimum Gasteiger partial charge on any atom is -0.357 e. The molecule has 0 aliphatic carbocycles. The lowest BCUT2D eigenvalue weighted by atomic mass is 10.1. The summed E-state index contributed by atoms with van der Waals surface area (Å²) >= 11 is 0. The van der Waals surface area contributed by atoms with Gasteiger partial charge in [0.15, 0.2) is 0 Å². The van der Waals surface area contributed by atoms with Crippen LogP contribution < -0.4 is 10.6 Å². The molecule has 1 atom stereocenters. The van der Waals surface area contributed by atoms with Crippen molar-refractivity contribution >= 4 is 5.82 Å². The Morgan fingerprint density at radius 1 is 1.31 bits per heavy atom. The van der Waals surface area contributed by atoms with Crippen LogP contribution in [-0.4, -0.2) is 18.1 Å². The van der Waals surface area contributed by atoms with Crippen LogP contribution in [0.3, 0.4) is 0 Å². The van der Waals surface area contributed by atoms with E-state index < -0.39 is 0 Å². The number of hydrogen-bond acceptors (Lipinski definition) is 3. The molecule has 0 amide bonds. The monoisotopic (exact) mass is 221 g/mol. The number of anilines is 1. The molecule has 3 heteroatoms. The predicted octanol–water partition coefficient (Wildman–Crippen LogP) is 2.58. The highest BCUT2D eigenvalue weighted by Crippen LogP contribution is 2.15. The van der Waals surface area contributed by atoms with Gasteiger partial charge in [0.2, 0.25) is 0 Å². The predicted molar refractivity (Wildman–Crippen MR) is 69.6 cm³/mol. The molecule has 0 aliphatic rings. The van der Waals surface area contributed by atoms with Gasteiger partial charge in [-0.1, -0.05) is 19.9 Å². The molecular weight excluding hydrogens is 198 g/mol.